The minimum absolute atomic E-state index is 0.246. The van der Waals surface area contributed by atoms with E-state index in [2.05, 4.69) is 21.5 Å². The molecule has 6 nitrogen and oxygen atoms in total. The molecule has 1 atom stereocenters. The summed E-state index contributed by atoms with van der Waals surface area (Å²) in [6.07, 6.45) is -0.672. The minimum Gasteiger partial charge on any atom is -0.496 e. The van der Waals surface area contributed by atoms with Crippen molar-refractivity contribution in [2.75, 3.05) is 12.4 Å². The first kappa shape index (κ1) is 21.1. The van der Waals surface area contributed by atoms with Crippen molar-refractivity contribution in [1.82, 2.24) is 4.98 Å². The normalized spacial score (nSPS) is 11.7. The number of methoxy groups -OCH3 is 1. The van der Waals surface area contributed by atoms with Crippen LogP contribution in [0.15, 0.2) is 52.0 Å². The number of carbonyl (C=O) groups is 1. The first-order valence-electron chi connectivity index (χ1n) is 9.09. The number of benzene rings is 2. The largest absolute Gasteiger partial charge is 0.496 e. The van der Waals surface area contributed by atoms with Crippen molar-refractivity contribution >= 4 is 50.6 Å². The maximum Gasteiger partial charge on any atom is 0.267 e. The van der Waals surface area contributed by atoms with Gasteiger partial charge < -0.3 is 14.9 Å². The van der Waals surface area contributed by atoms with E-state index in [1.807, 2.05) is 50.2 Å². The standard InChI is InChI=1S/C21H23N3O3S2/c1-13(2)24-27-14(3)20(25)22-16-9-10-17-19(11-16)29-21(23-17)28-12-15-7-5-6-8-18(15)26-4/h5-11,14H,12H2,1-4H3,(H,22,25). The summed E-state index contributed by atoms with van der Waals surface area (Å²) >= 11 is 3.27. The van der Waals surface area contributed by atoms with Crippen LogP contribution in [0.3, 0.4) is 0 Å². The van der Waals surface area contributed by atoms with Crippen LogP contribution in [-0.2, 0) is 15.4 Å². The predicted molar refractivity (Wildman–Crippen MR) is 120 cm³/mol. The molecule has 0 spiro atoms. The smallest absolute Gasteiger partial charge is 0.267 e. The van der Waals surface area contributed by atoms with Crippen LogP contribution in [0, 0.1) is 0 Å². The first-order chi connectivity index (χ1) is 14.0. The number of aromatic nitrogens is 1. The van der Waals surface area contributed by atoms with Crippen LogP contribution < -0.4 is 10.1 Å². The maximum absolute atomic E-state index is 12.3. The highest BCUT2D eigenvalue weighted by atomic mass is 32.2. The highest BCUT2D eigenvalue weighted by Gasteiger charge is 2.15. The van der Waals surface area contributed by atoms with Crippen LogP contribution in [0.25, 0.3) is 10.2 Å². The summed E-state index contributed by atoms with van der Waals surface area (Å²) in [6.45, 7) is 5.29. The van der Waals surface area contributed by atoms with Crippen molar-refractivity contribution in [3.8, 4) is 5.75 Å². The second kappa shape index (κ2) is 9.76. The summed E-state index contributed by atoms with van der Waals surface area (Å²) in [5.41, 5.74) is 3.51. The average molecular weight is 430 g/mol. The van der Waals surface area contributed by atoms with E-state index in [0.717, 1.165) is 37.3 Å². The van der Waals surface area contributed by atoms with Gasteiger partial charge in [-0.25, -0.2) is 4.98 Å². The van der Waals surface area contributed by atoms with E-state index >= 15 is 0 Å². The van der Waals surface area contributed by atoms with E-state index in [0.29, 0.717) is 5.69 Å². The number of hydrogen-bond acceptors (Lipinski definition) is 7. The number of hydrogen-bond donors (Lipinski definition) is 1. The molecule has 1 N–H and O–H groups in total. The second-order valence-electron chi connectivity index (χ2n) is 6.54. The lowest BCUT2D eigenvalue weighted by molar-refractivity contribution is -0.126. The summed E-state index contributed by atoms with van der Waals surface area (Å²) in [4.78, 5) is 22.1. The zero-order valence-electron chi connectivity index (χ0n) is 16.8. The highest BCUT2D eigenvalue weighted by molar-refractivity contribution is 8.00. The van der Waals surface area contributed by atoms with Gasteiger partial charge in [0.15, 0.2) is 4.34 Å². The van der Waals surface area contributed by atoms with Crippen molar-refractivity contribution in [2.45, 2.75) is 37.0 Å². The van der Waals surface area contributed by atoms with Crippen molar-refractivity contribution < 1.29 is 14.4 Å². The van der Waals surface area contributed by atoms with Crippen molar-refractivity contribution in [3.63, 3.8) is 0 Å². The van der Waals surface area contributed by atoms with Crippen molar-refractivity contribution in [3.05, 3.63) is 48.0 Å². The predicted octanol–water partition coefficient (Wildman–Crippen LogP) is 5.34. The number of ether oxygens (including phenoxy) is 1. The number of amides is 1. The SMILES string of the molecule is COc1ccccc1CSc1nc2ccc(NC(=O)C(C)ON=C(C)C)cc2s1. The number of thioether (sulfide) groups is 1. The fourth-order valence-electron chi connectivity index (χ4n) is 2.48. The summed E-state index contributed by atoms with van der Waals surface area (Å²) < 4.78 is 7.39. The highest BCUT2D eigenvalue weighted by Crippen LogP contribution is 2.34. The molecule has 0 aliphatic carbocycles. The fraction of sp³-hybridized carbons (Fsp3) is 0.286. The molecule has 0 bridgehead atoms. The third-order valence-electron chi connectivity index (χ3n) is 3.94. The molecule has 0 saturated carbocycles. The summed E-state index contributed by atoms with van der Waals surface area (Å²) in [6, 6.07) is 13.7. The Hall–Kier alpha value is -2.58. The topological polar surface area (TPSA) is 72.8 Å². The molecule has 1 heterocycles. The van der Waals surface area contributed by atoms with Crippen LogP contribution >= 0.6 is 23.1 Å². The van der Waals surface area contributed by atoms with E-state index in [-0.39, 0.29) is 5.91 Å². The zero-order valence-corrected chi connectivity index (χ0v) is 18.4. The molecule has 3 aromatic rings. The van der Waals surface area contributed by atoms with E-state index in [9.17, 15) is 4.79 Å². The Morgan fingerprint density at radius 1 is 1.28 bits per heavy atom. The number of rotatable bonds is 8. The molecule has 0 radical (unpaired) electrons. The third kappa shape index (κ3) is 5.71. The number of para-hydroxylation sites is 1. The van der Waals surface area contributed by atoms with Gasteiger partial charge in [-0.3, -0.25) is 4.79 Å². The Kier molecular flexibility index (Phi) is 7.11. The molecule has 2 aromatic carbocycles. The zero-order chi connectivity index (χ0) is 20.8. The lowest BCUT2D eigenvalue weighted by Crippen LogP contribution is -2.26. The van der Waals surface area contributed by atoms with Gasteiger partial charge in [0.05, 0.1) is 23.0 Å². The average Bonchev–Trinajstić information content (AvgIpc) is 3.12. The van der Waals surface area contributed by atoms with E-state index < -0.39 is 6.10 Å². The third-order valence-corrected chi connectivity index (χ3v) is 6.15. The Morgan fingerprint density at radius 2 is 2.07 bits per heavy atom. The van der Waals surface area contributed by atoms with Gasteiger partial charge in [-0.2, -0.15) is 0 Å². The van der Waals surface area contributed by atoms with Crippen molar-refractivity contribution in [2.24, 2.45) is 5.16 Å². The summed E-state index contributed by atoms with van der Waals surface area (Å²) in [5, 5.41) is 6.70. The van der Waals surface area contributed by atoms with Gasteiger partial charge in [0, 0.05) is 17.0 Å². The van der Waals surface area contributed by atoms with E-state index in [4.69, 9.17) is 9.57 Å². The summed E-state index contributed by atoms with van der Waals surface area (Å²) in [5.74, 6) is 1.41. The molecule has 0 aliphatic rings. The minimum atomic E-state index is -0.672. The van der Waals surface area contributed by atoms with Crippen LogP contribution in [0.4, 0.5) is 5.69 Å². The van der Waals surface area contributed by atoms with Crippen molar-refractivity contribution in [1.29, 1.82) is 0 Å². The number of nitrogens with zero attached hydrogens (tertiary/aromatic N) is 2. The molecule has 1 aromatic heterocycles. The second-order valence-corrected chi connectivity index (χ2v) is 8.79. The van der Waals surface area contributed by atoms with Crippen LogP contribution in [0.2, 0.25) is 0 Å². The Balaban J connectivity index is 1.66. The molecular formula is C21H23N3O3S2. The first-order valence-corrected chi connectivity index (χ1v) is 10.9. The molecule has 0 fully saturated rings. The van der Waals surface area contributed by atoms with Gasteiger partial charge in [-0.15, -0.1) is 11.3 Å². The van der Waals surface area contributed by atoms with Crippen LogP contribution in [0.5, 0.6) is 5.75 Å². The molecule has 29 heavy (non-hydrogen) atoms. The van der Waals surface area contributed by atoms with Gasteiger partial charge in [0.1, 0.15) is 5.75 Å². The van der Waals surface area contributed by atoms with E-state index in [1.165, 1.54) is 0 Å². The quantitative estimate of drug-likeness (QED) is 0.297. The van der Waals surface area contributed by atoms with Crippen LogP contribution in [-0.4, -0.2) is 29.8 Å². The number of thiazole rings is 1. The number of anilines is 1. The summed E-state index contributed by atoms with van der Waals surface area (Å²) in [7, 11) is 1.68. The number of nitrogens with one attached hydrogen (secondary N) is 1. The number of oxime groups is 1. The molecule has 0 aliphatic heterocycles. The van der Waals surface area contributed by atoms with Gasteiger partial charge in [-0.05, 0) is 45.0 Å². The monoisotopic (exact) mass is 429 g/mol. The van der Waals surface area contributed by atoms with Crippen LogP contribution in [0.1, 0.15) is 26.3 Å². The van der Waals surface area contributed by atoms with Gasteiger partial charge in [0.2, 0.25) is 6.10 Å². The lowest BCUT2D eigenvalue weighted by Gasteiger charge is -2.10. The molecule has 8 heteroatoms. The van der Waals surface area contributed by atoms with Gasteiger partial charge in [0.25, 0.3) is 5.91 Å². The van der Waals surface area contributed by atoms with Gasteiger partial charge in [-0.1, -0.05) is 35.1 Å². The Labute approximate surface area is 178 Å². The fourth-order valence-corrected chi connectivity index (χ4v) is 4.58. The maximum atomic E-state index is 12.3. The lowest BCUT2D eigenvalue weighted by atomic mass is 10.2. The number of carbonyl (C=O) groups excluding carboxylic acids is 1. The molecule has 0 saturated heterocycles. The molecule has 1 amide bonds. The Morgan fingerprint density at radius 3 is 2.83 bits per heavy atom. The molecule has 152 valence electrons. The van der Waals surface area contributed by atoms with Gasteiger partial charge >= 0.3 is 0 Å². The molecule has 3 rings (SSSR count). The molecular weight excluding hydrogens is 406 g/mol. The molecule has 1 unspecified atom stereocenters. The van der Waals surface area contributed by atoms with E-state index in [1.54, 1.807) is 37.1 Å². The Bertz CT molecular complexity index is 1030. The number of fused-ring (bicyclic) bond motifs is 1.